The van der Waals surface area contributed by atoms with Crippen LogP contribution in [0.15, 0.2) is 54.6 Å². The lowest BCUT2D eigenvalue weighted by atomic mass is 9.67. The van der Waals surface area contributed by atoms with Crippen molar-refractivity contribution in [1.82, 2.24) is 4.90 Å². The minimum absolute atomic E-state index is 0.400. The lowest BCUT2D eigenvalue weighted by Crippen LogP contribution is -2.36. The van der Waals surface area contributed by atoms with Gasteiger partial charge in [-0.25, -0.2) is 0 Å². The summed E-state index contributed by atoms with van der Waals surface area (Å²) in [5.74, 6) is 0.449. The highest BCUT2D eigenvalue weighted by Gasteiger charge is 2.42. The Morgan fingerprint density at radius 3 is 2.36 bits per heavy atom. The number of nitrogens with zero attached hydrogens (tertiary/aromatic N) is 2. The Balaban J connectivity index is 1.74. The van der Waals surface area contributed by atoms with Gasteiger partial charge < -0.3 is 0 Å². The smallest absolute Gasteiger partial charge is 0.0851 e. The van der Waals surface area contributed by atoms with Crippen molar-refractivity contribution in [2.24, 2.45) is 5.92 Å². The Bertz CT molecular complexity index is 774. The molecule has 1 aliphatic carbocycles. The third kappa shape index (κ3) is 4.77. The summed E-state index contributed by atoms with van der Waals surface area (Å²) in [6.45, 7) is 3.22. The molecular formula is C25H31ClN2. The van der Waals surface area contributed by atoms with E-state index in [0.717, 1.165) is 42.8 Å². The molecule has 2 aromatic rings. The van der Waals surface area contributed by atoms with Crippen LogP contribution in [0.4, 0.5) is 0 Å². The number of nitriles is 1. The van der Waals surface area contributed by atoms with Crippen LogP contribution in [0, 0.1) is 17.2 Å². The van der Waals surface area contributed by atoms with E-state index in [1.165, 1.54) is 18.4 Å². The maximum Gasteiger partial charge on any atom is 0.0851 e. The van der Waals surface area contributed by atoms with Gasteiger partial charge in [-0.1, -0.05) is 66.9 Å². The summed E-state index contributed by atoms with van der Waals surface area (Å²) >= 11 is 6.12. The lowest BCUT2D eigenvalue weighted by Gasteiger charge is -2.35. The van der Waals surface area contributed by atoms with Crippen LogP contribution in [0.5, 0.6) is 0 Å². The van der Waals surface area contributed by atoms with Gasteiger partial charge in [0, 0.05) is 17.6 Å². The average molecular weight is 395 g/mol. The fourth-order valence-electron chi connectivity index (χ4n) is 4.65. The van der Waals surface area contributed by atoms with Gasteiger partial charge in [-0.15, -0.1) is 0 Å². The van der Waals surface area contributed by atoms with E-state index in [2.05, 4.69) is 67.4 Å². The molecule has 1 fully saturated rings. The second kappa shape index (κ2) is 9.59. The van der Waals surface area contributed by atoms with Gasteiger partial charge >= 0.3 is 0 Å². The van der Waals surface area contributed by atoms with Gasteiger partial charge in [0.2, 0.25) is 0 Å². The number of hydrogen-bond donors (Lipinski definition) is 0. The summed E-state index contributed by atoms with van der Waals surface area (Å²) in [6, 6.07) is 21.8. The summed E-state index contributed by atoms with van der Waals surface area (Å²) < 4.78 is 0. The van der Waals surface area contributed by atoms with Crippen molar-refractivity contribution in [3.8, 4) is 6.07 Å². The molecule has 28 heavy (non-hydrogen) atoms. The van der Waals surface area contributed by atoms with Crippen LogP contribution in [0.25, 0.3) is 0 Å². The first-order valence-corrected chi connectivity index (χ1v) is 10.8. The third-order valence-corrected chi connectivity index (χ3v) is 6.85. The van der Waals surface area contributed by atoms with Crippen LogP contribution < -0.4 is 0 Å². The standard InChI is InChI=1S/C25H31ClN2/c1-20(28(2)18-21-8-4-3-5-9-21)16-17-25(19-27,22-10-6-7-11-22)23-12-14-24(26)15-13-23/h3-5,8-9,12-15,20,22H,6-7,10-11,16-18H2,1-2H3. The monoisotopic (exact) mass is 394 g/mol. The molecule has 0 N–H and O–H groups in total. The SMILES string of the molecule is CC(CCC(C#N)(c1ccc(Cl)cc1)C1CCCC1)N(C)Cc1ccccc1. The van der Waals surface area contributed by atoms with Gasteiger partial charge in [0.25, 0.3) is 0 Å². The zero-order valence-corrected chi connectivity index (χ0v) is 17.8. The molecule has 2 atom stereocenters. The fourth-order valence-corrected chi connectivity index (χ4v) is 4.77. The van der Waals surface area contributed by atoms with E-state index in [1.807, 2.05) is 12.1 Å². The molecule has 0 spiro atoms. The highest BCUT2D eigenvalue weighted by Crippen LogP contribution is 2.45. The Labute approximate surface area is 175 Å². The molecule has 0 amide bonds. The molecule has 0 aliphatic heterocycles. The summed E-state index contributed by atoms with van der Waals surface area (Å²) in [4.78, 5) is 2.40. The predicted molar refractivity (Wildman–Crippen MR) is 117 cm³/mol. The van der Waals surface area contributed by atoms with Gasteiger partial charge in [0.15, 0.2) is 0 Å². The molecule has 0 heterocycles. The Morgan fingerprint density at radius 1 is 1.11 bits per heavy atom. The summed E-state index contributed by atoms with van der Waals surface area (Å²) in [5, 5.41) is 11.1. The molecular weight excluding hydrogens is 364 g/mol. The van der Waals surface area contributed by atoms with Crippen LogP contribution in [0.2, 0.25) is 5.02 Å². The molecule has 3 heteroatoms. The average Bonchev–Trinajstić information content (AvgIpc) is 3.26. The fraction of sp³-hybridized carbons (Fsp3) is 0.480. The molecule has 0 aromatic heterocycles. The molecule has 0 bridgehead atoms. The molecule has 0 saturated heterocycles. The molecule has 2 aromatic carbocycles. The lowest BCUT2D eigenvalue weighted by molar-refractivity contribution is 0.211. The first-order chi connectivity index (χ1) is 13.5. The van der Waals surface area contributed by atoms with E-state index >= 15 is 0 Å². The van der Waals surface area contributed by atoms with Crippen molar-refractivity contribution in [1.29, 1.82) is 5.26 Å². The first-order valence-electron chi connectivity index (χ1n) is 10.5. The largest absolute Gasteiger partial charge is 0.299 e. The van der Waals surface area contributed by atoms with Crippen molar-refractivity contribution >= 4 is 11.6 Å². The van der Waals surface area contributed by atoms with Crippen LogP contribution in [-0.2, 0) is 12.0 Å². The maximum atomic E-state index is 10.3. The van der Waals surface area contributed by atoms with Crippen LogP contribution in [0.1, 0.15) is 56.6 Å². The Morgan fingerprint density at radius 2 is 1.75 bits per heavy atom. The first kappa shape index (κ1) is 20.9. The van der Waals surface area contributed by atoms with Crippen molar-refractivity contribution < 1.29 is 0 Å². The highest BCUT2D eigenvalue weighted by atomic mass is 35.5. The van der Waals surface area contributed by atoms with E-state index in [-0.39, 0.29) is 0 Å². The van der Waals surface area contributed by atoms with Gasteiger partial charge in [-0.05, 0) is 68.8 Å². The minimum atomic E-state index is -0.400. The van der Waals surface area contributed by atoms with Crippen LogP contribution in [-0.4, -0.2) is 18.0 Å². The van der Waals surface area contributed by atoms with E-state index in [4.69, 9.17) is 11.6 Å². The normalized spacial score (nSPS) is 18.0. The molecule has 2 nitrogen and oxygen atoms in total. The van der Waals surface area contributed by atoms with Crippen molar-refractivity contribution in [3.63, 3.8) is 0 Å². The second-order valence-corrected chi connectivity index (χ2v) is 8.80. The molecule has 1 saturated carbocycles. The summed E-state index contributed by atoms with van der Waals surface area (Å²) in [6.07, 6.45) is 6.71. The molecule has 1 aliphatic rings. The topological polar surface area (TPSA) is 27.0 Å². The van der Waals surface area contributed by atoms with Gasteiger partial charge in [0.05, 0.1) is 11.5 Å². The van der Waals surface area contributed by atoms with Gasteiger partial charge in [0.1, 0.15) is 0 Å². The van der Waals surface area contributed by atoms with Crippen molar-refractivity contribution in [2.45, 2.75) is 63.5 Å². The van der Waals surface area contributed by atoms with E-state index < -0.39 is 5.41 Å². The third-order valence-electron chi connectivity index (χ3n) is 6.59. The predicted octanol–water partition coefficient (Wildman–Crippen LogP) is 6.59. The molecule has 3 rings (SSSR count). The van der Waals surface area contributed by atoms with E-state index in [9.17, 15) is 5.26 Å². The van der Waals surface area contributed by atoms with E-state index in [1.54, 1.807) is 0 Å². The Hall–Kier alpha value is -1.82. The molecule has 2 unspecified atom stereocenters. The second-order valence-electron chi connectivity index (χ2n) is 8.36. The van der Waals surface area contributed by atoms with Gasteiger partial charge in [-0.3, -0.25) is 4.90 Å². The number of rotatable bonds is 8. The Kier molecular flexibility index (Phi) is 7.16. The van der Waals surface area contributed by atoms with Crippen LogP contribution >= 0.6 is 11.6 Å². The molecule has 0 radical (unpaired) electrons. The van der Waals surface area contributed by atoms with E-state index in [0.29, 0.717) is 12.0 Å². The van der Waals surface area contributed by atoms with Crippen LogP contribution in [0.3, 0.4) is 0 Å². The maximum absolute atomic E-state index is 10.3. The zero-order valence-electron chi connectivity index (χ0n) is 17.1. The zero-order chi connectivity index (χ0) is 20.0. The molecule has 148 valence electrons. The number of hydrogen-bond acceptors (Lipinski definition) is 2. The summed E-state index contributed by atoms with van der Waals surface area (Å²) in [5.41, 5.74) is 2.07. The number of halogens is 1. The number of benzene rings is 2. The quantitative estimate of drug-likeness (QED) is 0.504. The summed E-state index contributed by atoms with van der Waals surface area (Å²) in [7, 11) is 2.18. The minimum Gasteiger partial charge on any atom is -0.299 e. The van der Waals surface area contributed by atoms with Gasteiger partial charge in [-0.2, -0.15) is 5.26 Å². The van der Waals surface area contributed by atoms with Crippen molar-refractivity contribution in [2.75, 3.05) is 7.05 Å². The highest BCUT2D eigenvalue weighted by molar-refractivity contribution is 6.30. The van der Waals surface area contributed by atoms with Crippen molar-refractivity contribution in [3.05, 3.63) is 70.7 Å².